The minimum absolute atomic E-state index is 0.135. The first-order valence-electron chi connectivity index (χ1n) is 12.7. The van der Waals surface area contributed by atoms with Gasteiger partial charge in [0.05, 0.1) is 6.26 Å². The first-order chi connectivity index (χ1) is 17.1. The van der Waals surface area contributed by atoms with Gasteiger partial charge in [0.1, 0.15) is 12.4 Å². The molecule has 0 saturated heterocycles. The molecule has 35 heavy (non-hydrogen) atoms. The van der Waals surface area contributed by atoms with E-state index >= 15 is 0 Å². The second kappa shape index (κ2) is 12.0. The molecule has 4 heteroatoms. The van der Waals surface area contributed by atoms with Gasteiger partial charge in [0.2, 0.25) is 5.82 Å². The van der Waals surface area contributed by atoms with Crippen LogP contribution < -0.4 is 9.47 Å². The lowest BCUT2D eigenvalue weighted by Crippen LogP contribution is -2.13. The summed E-state index contributed by atoms with van der Waals surface area (Å²) in [5, 5.41) is 0. The maximum absolute atomic E-state index is 14.6. The molecule has 1 saturated carbocycles. The highest BCUT2D eigenvalue weighted by molar-refractivity contribution is 5.65. The van der Waals surface area contributed by atoms with Gasteiger partial charge in [0.25, 0.3) is 0 Å². The van der Waals surface area contributed by atoms with Gasteiger partial charge in [-0.2, -0.15) is 4.39 Å². The highest BCUT2D eigenvalue weighted by atomic mass is 19.2. The van der Waals surface area contributed by atoms with E-state index in [1.54, 1.807) is 25.1 Å². The van der Waals surface area contributed by atoms with Crippen molar-refractivity contribution in [1.29, 1.82) is 0 Å². The average Bonchev–Trinajstić information content (AvgIpc) is 2.90. The van der Waals surface area contributed by atoms with Gasteiger partial charge in [-0.3, -0.25) is 0 Å². The predicted molar refractivity (Wildman–Crippen MR) is 138 cm³/mol. The van der Waals surface area contributed by atoms with Crippen LogP contribution in [0.2, 0.25) is 0 Å². The van der Waals surface area contributed by atoms with E-state index in [1.165, 1.54) is 62.5 Å². The van der Waals surface area contributed by atoms with Crippen LogP contribution in [0.5, 0.6) is 11.5 Å². The van der Waals surface area contributed by atoms with E-state index in [0.717, 1.165) is 17.2 Å². The highest BCUT2D eigenvalue weighted by Gasteiger charge is 2.21. The molecule has 0 bridgehead atoms. The van der Waals surface area contributed by atoms with E-state index in [4.69, 9.17) is 9.47 Å². The fraction of sp³-hybridized carbons (Fsp3) is 0.355. The Kier molecular flexibility index (Phi) is 8.57. The number of ether oxygens (including phenoxy) is 2. The smallest absolute Gasteiger partial charge is 0.201 e. The van der Waals surface area contributed by atoms with Gasteiger partial charge in [-0.15, -0.1) is 0 Å². The zero-order valence-electron chi connectivity index (χ0n) is 20.6. The number of hydrogen-bond donors (Lipinski definition) is 0. The van der Waals surface area contributed by atoms with Crippen molar-refractivity contribution < 1.29 is 18.3 Å². The van der Waals surface area contributed by atoms with Crippen molar-refractivity contribution in [2.75, 3.05) is 0 Å². The van der Waals surface area contributed by atoms with Gasteiger partial charge in [0.15, 0.2) is 11.6 Å². The normalized spacial score (nSPS) is 18.1. The molecular formula is C31H34F2O2. The molecule has 0 unspecified atom stereocenters. The first kappa shape index (κ1) is 25.0. The second-order valence-electron chi connectivity index (χ2n) is 9.39. The largest absolute Gasteiger partial charge is 0.489 e. The van der Waals surface area contributed by atoms with Gasteiger partial charge in [-0.1, -0.05) is 62.2 Å². The Hall–Kier alpha value is -3.14. The van der Waals surface area contributed by atoms with Crippen LogP contribution in [0.3, 0.4) is 0 Å². The summed E-state index contributed by atoms with van der Waals surface area (Å²) in [6, 6.07) is 18.8. The minimum Gasteiger partial charge on any atom is -0.489 e. The predicted octanol–water partition coefficient (Wildman–Crippen LogP) is 9.20. The van der Waals surface area contributed by atoms with Gasteiger partial charge >= 0.3 is 0 Å². The van der Waals surface area contributed by atoms with Gasteiger partial charge in [-0.05, 0) is 85.4 Å². The summed E-state index contributed by atoms with van der Waals surface area (Å²) < 4.78 is 39.9. The summed E-state index contributed by atoms with van der Waals surface area (Å²) in [6.07, 6.45) is 10.8. The Labute approximate surface area is 207 Å². The molecule has 0 aliphatic heterocycles. The molecule has 0 atom stereocenters. The molecule has 0 radical (unpaired) electrons. The zero-order chi connectivity index (χ0) is 24.6. The van der Waals surface area contributed by atoms with E-state index in [9.17, 15) is 8.78 Å². The molecule has 3 aromatic carbocycles. The first-order valence-corrected chi connectivity index (χ1v) is 12.7. The van der Waals surface area contributed by atoms with Gasteiger partial charge in [0, 0.05) is 5.56 Å². The highest BCUT2D eigenvalue weighted by Crippen LogP contribution is 2.38. The topological polar surface area (TPSA) is 18.5 Å². The Morgan fingerprint density at radius 3 is 2.23 bits per heavy atom. The summed E-state index contributed by atoms with van der Waals surface area (Å²) in [5.41, 5.74) is 3.16. The van der Waals surface area contributed by atoms with Crippen molar-refractivity contribution in [2.45, 2.75) is 64.9 Å². The molecule has 184 valence electrons. The van der Waals surface area contributed by atoms with Crippen LogP contribution in [0.15, 0.2) is 73.0 Å². The molecular weight excluding hydrogens is 442 g/mol. The van der Waals surface area contributed by atoms with Crippen molar-refractivity contribution in [2.24, 2.45) is 5.92 Å². The second-order valence-corrected chi connectivity index (χ2v) is 9.39. The molecule has 3 aromatic rings. The third-order valence-electron chi connectivity index (χ3n) is 6.94. The molecule has 1 aliphatic rings. The lowest BCUT2D eigenvalue weighted by atomic mass is 9.77. The van der Waals surface area contributed by atoms with Crippen LogP contribution in [0, 0.1) is 17.6 Å². The molecule has 0 aromatic heterocycles. The summed E-state index contributed by atoms with van der Waals surface area (Å²) >= 11 is 0. The van der Waals surface area contributed by atoms with Crippen LogP contribution in [0.4, 0.5) is 8.78 Å². The van der Waals surface area contributed by atoms with Crippen molar-refractivity contribution >= 4 is 0 Å². The number of hydrogen-bond acceptors (Lipinski definition) is 2. The van der Waals surface area contributed by atoms with Crippen molar-refractivity contribution in [3.05, 3.63) is 95.8 Å². The minimum atomic E-state index is -0.995. The molecule has 4 rings (SSSR count). The Morgan fingerprint density at radius 1 is 0.857 bits per heavy atom. The van der Waals surface area contributed by atoms with Crippen LogP contribution in [-0.4, -0.2) is 0 Å². The third-order valence-corrected chi connectivity index (χ3v) is 6.94. The SMILES string of the molecule is CC=COc1ccc(-c2ccc(COc3ccc(C4CCC(CCC)CC4)cc3)cc2)c(F)c1F. The number of benzene rings is 3. The van der Waals surface area contributed by atoms with Gasteiger partial charge < -0.3 is 9.47 Å². The Bertz CT molecular complexity index is 1110. The summed E-state index contributed by atoms with van der Waals surface area (Å²) in [7, 11) is 0. The van der Waals surface area contributed by atoms with Crippen molar-refractivity contribution in [1.82, 2.24) is 0 Å². The fourth-order valence-corrected chi connectivity index (χ4v) is 4.96. The molecule has 1 aliphatic carbocycles. The zero-order valence-corrected chi connectivity index (χ0v) is 20.6. The molecule has 0 amide bonds. The molecule has 0 heterocycles. The maximum Gasteiger partial charge on any atom is 0.201 e. The lowest BCUT2D eigenvalue weighted by molar-refractivity contribution is 0.303. The van der Waals surface area contributed by atoms with E-state index in [-0.39, 0.29) is 11.3 Å². The number of rotatable bonds is 9. The summed E-state index contributed by atoms with van der Waals surface area (Å²) in [4.78, 5) is 0. The Balaban J connectivity index is 1.33. The van der Waals surface area contributed by atoms with E-state index < -0.39 is 11.6 Å². The molecule has 0 N–H and O–H groups in total. The van der Waals surface area contributed by atoms with Crippen LogP contribution in [0.1, 0.15) is 69.4 Å². The average molecular weight is 477 g/mol. The molecule has 0 spiro atoms. The van der Waals surface area contributed by atoms with Gasteiger partial charge in [-0.25, -0.2) is 4.39 Å². The number of allylic oxidation sites excluding steroid dienone is 1. The van der Waals surface area contributed by atoms with E-state index in [0.29, 0.717) is 18.1 Å². The van der Waals surface area contributed by atoms with Crippen molar-refractivity contribution in [3.63, 3.8) is 0 Å². The third kappa shape index (κ3) is 6.30. The van der Waals surface area contributed by atoms with Crippen LogP contribution >= 0.6 is 0 Å². The number of halogens is 2. The van der Waals surface area contributed by atoms with E-state index in [1.807, 2.05) is 12.1 Å². The molecule has 1 fully saturated rings. The summed E-state index contributed by atoms with van der Waals surface area (Å²) in [5.74, 6) is 0.364. The lowest BCUT2D eigenvalue weighted by Gasteiger charge is -2.28. The van der Waals surface area contributed by atoms with E-state index in [2.05, 4.69) is 31.2 Å². The Morgan fingerprint density at radius 2 is 1.57 bits per heavy atom. The van der Waals surface area contributed by atoms with Crippen LogP contribution in [-0.2, 0) is 6.61 Å². The fourth-order valence-electron chi connectivity index (χ4n) is 4.96. The monoisotopic (exact) mass is 476 g/mol. The molecule has 2 nitrogen and oxygen atoms in total. The van der Waals surface area contributed by atoms with Crippen molar-refractivity contribution in [3.8, 4) is 22.6 Å². The quantitative estimate of drug-likeness (QED) is 0.287. The summed E-state index contributed by atoms with van der Waals surface area (Å²) in [6.45, 7) is 4.43. The maximum atomic E-state index is 14.6. The van der Waals surface area contributed by atoms with Crippen LogP contribution in [0.25, 0.3) is 11.1 Å². The standard InChI is InChI=1S/C31H34F2O2/c1-3-5-22-6-10-24(11-7-22)25-14-16-27(17-15-25)35-21-23-8-12-26(13-9-23)28-18-19-29(34-20-4-2)31(33)30(28)32/h4,8-9,12-20,22,24H,3,5-7,10-11,21H2,1-2H3.